The molecule has 0 aliphatic carbocycles. The molecule has 5 atom stereocenters. The van der Waals surface area contributed by atoms with E-state index in [9.17, 15) is 13.9 Å². The summed E-state index contributed by atoms with van der Waals surface area (Å²) in [6, 6.07) is 7.94. The number of rotatable bonds is 6. The summed E-state index contributed by atoms with van der Waals surface area (Å²) in [6.07, 6.45) is -0.114. The van der Waals surface area contributed by atoms with Gasteiger partial charge in [-0.2, -0.15) is 5.10 Å². The van der Waals surface area contributed by atoms with Gasteiger partial charge in [-0.15, -0.1) is 16.9 Å². The van der Waals surface area contributed by atoms with E-state index in [2.05, 4.69) is 37.0 Å². The molecule has 0 spiro atoms. The van der Waals surface area contributed by atoms with Crippen LogP contribution in [0, 0.1) is 24.5 Å². The zero-order valence-electron chi connectivity index (χ0n) is 21.7. The molecule has 4 heterocycles. The topological polar surface area (TPSA) is 110 Å². The average Bonchev–Trinajstić information content (AvgIpc) is 3.70. The Kier molecular flexibility index (Phi) is 7.31. The summed E-state index contributed by atoms with van der Waals surface area (Å²) in [6.45, 7) is 3.52. The van der Waals surface area contributed by atoms with Gasteiger partial charge in [0.25, 0.3) is 0 Å². The number of nitrogens with one attached hydrogen (secondary N) is 2. The van der Waals surface area contributed by atoms with E-state index in [1.165, 1.54) is 23.5 Å². The van der Waals surface area contributed by atoms with Gasteiger partial charge in [0.05, 0.1) is 50.3 Å². The lowest BCUT2D eigenvalue weighted by Crippen LogP contribution is -2.60. The van der Waals surface area contributed by atoms with E-state index >= 15 is 0 Å². The largest absolute Gasteiger partial charge is 0.394 e. The van der Waals surface area contributed by atoms with Crippen LogP contribution in [0.15, 0.2) is 46.5 Å². The predicted molar refractivity (Wildman–Crippen MR) is 148 cm³/mol. The van der Waals surface area contributed by atoms with Gasteiger partial charge in [-0.1, -0.05) is 6.92 Å². The summed E-state index contributed by atoms with van der Waals surface area (Å²) in [5.74, 6) is -0.567. The second-order valence-electron chi connectivity index (χ2n) is 9.70. The number of ether oxygens (including phenoxy) is 2. The molecule has 2 aliphatic heterocycles. The van der Waals surface area contributed by atoms with Crippen molar-refractivity contribution in [1.29, 1.82) is 0 Å². The fourth-order valence-electron chi connectivity index (χ4n) is 5.31. The van der Waals surface area contributed by atoms with Crippen LogP contribution in [0.5, 0.6) is 0 Å². The highest BCUT2D eigenvalue weighted by atomic mass is 79.9. The zero-order chi connectivity index (χ0) is 28.1. The summed E-state index contributed by atoms with van der Waals surface area (Å²) in [7, 11) is 1.59. The lowest BCUT2D eigenvalue weighted by atomic mass is 9.85. The number of aliphatic hydroxyl groups excluding tert-OH is 1. The van der Waals surface area contributed by atoms with Crippen molar-refractivity contribution in [3.63, 3.8) is 0 Å². The molecule has 1 fully saturated rings. The minimum Gasteiger partial charge on any atom is -0.394 e. The molecular formula is C26H26BrF2N7O3S. The van der Waals surface area contributed by atoms with Crippen LogP contribution in [-0.2, 0) is 9.47 Å². The van der Waals surface area contributed by atoms with Gasteiger partial charge in [-0.3, -0.25) is 5.01 Å². The molecule has 1 saturated heterocycles. The van der Waals surface area contributed by atoms with Crippen LogP contribution in [0.1, 0.15) is 30.2 Å². The molecule has 210 valence electrons. The highest BCUT2D eigenvalue weighted by molar-refractivity contribution is 9.10. The summed E-state index contributed by atoms with van der Waals surface area (Å²) in [5.41, 5.74) is 10.3. The molecule has 4 aromatic rings. The molecule has 3 unspecified atom stereocenters. The standard InChI is InChI=1S/C26H26BrF2N7O3S/c1-12-20(10-37)39-25(26-31-13(2)33-36(26)15-4-5-18-21(8-15)40-11-30-18)24(38-3)23(12)35-9-19(32-34-35)14-6-16(28)22(27)17(29)7-14/h4-9,11-12,20,23-25,32,34,37H,10H2,1-3H3/t12?,20?,23?,24-,25-/m1/s1. The number of aromatic nitrogens is 4. The Morgan fingerprint density at radius 3 is 2.73 bits per heavy atom. The Balaban J connectivity index is 1.38. The fraction of sp³-hybridized carbons (Fsp3) is 0.346. The average molecular weight is 635 g/mol. The molecule has 0 saturated carbocycles. The third-order valence-corrected chi connectivity index (χ3v) is 8.84. The van der Waals surface area contributed by atoms with E-state index in [1.54, 1.807) is 35.4 Å². The number of nitrogens with zero attached hydrogens (tertiary/aromatic N) is 5. The van der Waals surface area contributed by atoms with E-state index in [0.29, 0.717) is 22.9 Å². The number of aryl methyl sites for hydroxylation is 1. The molecule has 40 heavy (non-hydrogen) atoms. The zero-order valence-corrected chi connectivity index (χ0v) is 24.1. The summed E-state index contributed by atoms with van der Waals surface area (Å²) >= 11 is 4.45. The predicted octanol–water partition coefficient (Wildman–Crippen LogP) is 4.00. The molecule has 2 aliphatic rings. The Hall–Kier alpha value is -3.01. The lowest BCUT2D eigenvalue weighted by Gasteiger charge is -2.47. The van der Waals surface area contributed by atoms with E-state index in [4.69, 9.17) is 14.5 Å². The van der Waals surface area contributed by atoms with Gasteiger partial charge in [0.2, 0.25) is 0 Å². The monoisotopic (exact) mass is 633 g/mol. The number of hydrazine groups is 2. The first-order chi connectivity index (χ1) is 19.3. The second kappa shape index (κ2) is 10.8. The quantitative estimate of drug-likeness (QED) is 0.271. The van der Waals surface area contributed by atoms with Crippen LogP contribution in [-0.4, -0.2) is 61.8 Å². The molecule has 10 nitrogen and oxygen atoms in total. The first-order valence-electron chi connectivity index (χ1n) is 12.5. The van der Waals surface area contributed by atoms with Gasteiger partial charge < -0.3 is 20.0 Å². The van der Waals surface area contributed by atoms with Crippen LogP contribution in [0.4, 0.5) is 8.78 Å². The number of benzene rings is 2. The Labute approximate surface area is 240 Å². The molecule has 2 aromatic carbocycles. The highest BCUT2D eigenvalue weighted by Crippen LogP contribution is 2.40. The van der Waals surface area contributed by atoms with E-state index in [1.807, 2.05) is 25.1 Å². The molecular weight excluding hydrogens is 608 g/mol. The van der Waals surface area contributed by atoms with E-state index in [-0.39, 0.29) is 23.0 Å². The summed E-state index contributed by atoms with van der Waals surface area (Å²) in [4.78, 5) is 9.07. The van der Waals surface area contributed by atoms with Crippen LogP contribution in [0.25, 0.3) is 21.6 Å². The Morgan fingerprint density at radius 1 is 1.23 bits per heavy atom. The first-order valence-corrected chi connectivity index (χ1v) is 14.2. The van der Waals surface area contributed by atoms with Crippen molar-refractivity contribution in [1.82, 2.24) is 35.7 Å². The van der Waals surface area contributed by atoms with Crippen LogP contribution in [0.2, 0.25) is 0 Å². The van der Waals surface area contributed by atoms with Gasteiger partial charge >= 0.3 is 0 Å². The molecule has 3 N–H and O–H groups in total. The van der Waals surface area contributed by atoms with Crippen molar-refractivity contribution in [3.05, 3.63) is 75.4 Å². The van der Waals surface area contributed by atoms with Crippen molar-refractivity contribution in [2.75, 3.05) is 13.7 Å². The third kappa shape index (κ3) is 4.67. The van der Waals surface area contributed by atoms with Crippen LogP contribution >= 0.6 is 27.3 Å². The maximum atomic E-state index is 14.2. The lowest BCUT2D eigenvalue weighted by molar-refractivity contribution is -0.202. The molecule has 0 amide bonds. The van der Waals surface area contributed by atoms with Crippen molar-refractivity contribution in [3.8, 4) is 5.69 Å². The normalized spacial score (nSPS) is 24.9. The smallest absolute Gasteiger partial charge is 0.164 e. The molecule has 6 rings (SSSR count). The number of aliphatic hydroxyl groups is 1. The van der Waals surface area contributed by atoms with Gasteiger partial charge in [0, 0.05) is 24.8 Å². The van der Waals surface area contributed by atoms with Gasteiger partial charge in [0.15, 0.2) is 5.82 Å². The number of fused-ring (bicyclic) bond motifs is 1. The van der Waals surface area contributed by atoms with Crippen molar-refractivity contribution in [2.24, 2.45) is 5.92 Å². The number of methoxy groups -OCH3 is 1. The molecule has 0 bridgehead atoms. The van der Waals surface area contributed by atoms with Crippen molar-refractivity contribution >= 4 is 43.2 Å². The van der Waals surface area contributed by atoms with Gasteiger partial charge in [0.1, 0.15) is 29.7 Å². The molecule has 14 heteroatoms. The highest BCUT2D eigenvalue weighted by Gasteiger charge is 2.49. The number of hydrogen-bond acceptors (Lipinski definition) is 10. The van der Waals surface area contributed by atoms with E-state index in [0.717, 1.165) is 15.9 Å². The van der Waals surface area contributed by atoms with Gasteiger partial charge in [-0.05, 0) is 53.2 Å². The number of halogens is 3. The fourth-order valence-corrected chi connectivity index (χ4v) is 6.25. The Morgan fingerprint density at radius 2 is 2.00 bits per heavy atom. The van der Waals surface area contributed by atoms with Crippen LogP contribution < -0.4 is 11.0 Å². The van der Waals surface area contributed by atoms with E-state index < -0.39 is 29.9 Å². The molecule has 0 radical (unpaired) electrons. The maximum absolute atomic E-state index is 14.2. The van der Waals surface area contributed by atoms with Gasteiger partial charge in [-0.25, -0.2) is 23.4 Å². The maximum Gasteiger partial charge on any atom is 0.164 e. The summed E-state index contributed by atoms with van der Waals surface area (Å²) < 4.78 is 43.5. The number of hydrogen-bond donors (Lipinski definition) is 3. The summed E-state index contributed by atoms with van der Waals surface area (Å²) in [5, 5.41) is 16.7. The third-order valence-electron chi connectivity index (χ3n) is 7.29. The second-order valence-corrected chi connectivity index (χ2v) is 11.4. The minimum absolute atomic E-state index is 0.222. The van der Waals surface area contributed by atoms with Crippen molar-refractivity contribution < 1.29 is 23.4 Å². The minimum atomic E-state index is -0.711. The molecule has 2 aromatic heterocycles. The van der Waals surface area contributed by atoms with Crippen molar-refractivity contribution in [2.45, 2.75) is 38.2 Å². The SMILES string of the molecule is CO[C@@H]1C(N2C=C(c3cc(F)c(Br)c(F)c3)NN2)C(C)C(CO)O[C@H]1c1nc(C)nn1-c1ccc2ncsc2c1. The first kappa shape index (κ1) is 27.2. The number of thiazole rings is 1. The van der Waals surface area contributed by atoms with Crippen LogP contribution in [0.3, 0.4) is 0 Å². The Bertz CT molecular complexity index is 1570.